The van der Waals surface area contributed by atoms with E-state index in [1.165, 1.54) is 69.8 Å². The van der Waals surface area contributed by atoms with E-state index in [0.29, 0.717) is 16.6 Å². The van der Waals surface area contributed by atoms with Crippen LogP contribution in [0.15, 0.2) is 40.6 Å². The molecule has 0 aliphatic heterocycles. The summed E-state index contributed by atoms with van der Waals surface area (Å²) in [6, 6.07) is 10.6. The average molecular weight is 567 g/mol. The van der Waals surface area contributed by atoms with E-state index in [9.17, 15) is 0 Å². The van der Waals surface area contributed by atoms with Crippen LogP contribution in [0.4, 0.5) is 16.5 Å². The standard InChI is InChI=1S/C33H50N4O2S/c1-6-9-12-13-14-15-18-26-19-20-27-32(23-26)40-33(34-27)36-35-28-24-31(39-5)29(25-30(28)38-4)37(21-16-10-7-2)22-17-11-8-3/h19-20,23-25H,6-18,21-22H2,1-5H3/b36-35+. The number of rotatable bonds is 20. The van der Waals surface area contributed by atoms with Gasteiger partial charge in [0.15, 0.2) is 0 Å². The molecule has 0 aliphatic rings. The number of methoxy groups -OCH3 is 2. The van der Waals surface area contributed by atoms with Crippen molar-refractivity contribution in [2.75, 3.05) is 32.2 Å². The molecule has 1 aromatic heterocycles. The number of unbranched alkanes of at least 4 members (excludes halogenated alkanes) is 9. The smallest absolute Gasteiger partial charge is 0.231 e. The number of hydrogen-bond acceptors (Lipinski definition) is 7. The fourth-order valence-corrected chi connectivity index (χ4v) is 5.86. The Morgan fingerprint density at radius 2 is 1.38 bits per heavy atom. The van der Waals surface area contributed by atoms with E-state index >= 15 is 0 Å². The van der Waals surface area contributed by atoms with Gasteiger partial charge in [-0.3, -0.25) is 0 Å². The van der Waals surface area contributed by atoms with Gasteiger partial charge in [0, 0.05) is 25.2 Å². The highest BCUT2D eigenvalue weighted by molar-refractivity contribution is 7.21. The second-order valence-electron chi connectivity index (χ2n) is 10.6. The molecule has 0 atom stereocenters. The van der Waals surface area contributed by atoms with Crippen LogP contribution in [0.3, 0.4) is 0 Å². The maximum Gasteiger partial charge on any atom is 0.231 e. The highest BCUT2D eigenvalue weighted by Gasteiger charge is 2.17. The highest BCUT2D eigenvalue weighted by Crippen LogP contribution is 2.41. The normalized spacial score (nSPS) is 11.5. The van der Waals surface area contributed by atoms with E-state index < -0.39 is 0 Å². The maximum absolute atomic E-state index is 5.84. The lowest BCUT2D eigenvalue weighted by Crippen LogP contribution is -2.26. The largest absolute Gasteiger partial charge is 0.494 e. The summed E-state index contributed by atoms with van der Waals surface area (Å²) in [6.45, 7) is 8.76. The molecule has 1 heterocycles. The quantitative estimate of drug-likeness (QED) is 0.101. The third-order valence-electron chi connectivity index (χ3n) is 7.39. The predicted molar refractivity (Wildman–Crippen MR) is 172 cm³/mol. The monoisotopic (exact) mass is 566 g/mol. The van der Waals surface area contributed by atoms with Crippen LogP contribution in [0.5, 0.6) is 11.5 Å². The predicted octanol–water partition coefficient (Wildman–Crippen LogP) is 10.8. The van der Waals surface area contributed by atoms with E-state index in [2.05, 4.69) is 60.2 Å². The molecule has 0 unspecified atom stereocenters. The van der Waals surface area contributed by atoms with E-state index in [0.717, 1.165) is 54.0 Å². The summed E-state index contributed by atoms with van der Waals surface area (Å²) in [7, 11) is 3.41. The minimum absolute atomic E-state index is 0.646. The molecule has 3 rings (SSSR count). The SMILES string of the molecule is CCCCCCCCc1ccc2nc(/N=N/c3cc(OC)c(N(CCCCC)CCCCC)cc3OC)sc2c1. The van der Waals surface area contributed by atoms with Crippen LogP contribution in [0, 0.1) is 0 Å². The fourth-order valence-electron chi connectivity index (χ4n) is 5.01. The van der Waals surface area contributed by atoms with Crippen molar-refractivity contribution in [3.8, 4) is 11.5 Å². The zero-order chi connectivity index (χ0) is 28.6. The van der Waals surface area contributed by atoms with Gasteiger partial charge >= 0.3 is 0 Å². The molecule has 0 saturated carbocycles. The zero-order valence-electron chi connectivity index (χ0n) is 25.5. The fraction of sp³-hybridized carbons (Fsp3) is 0.606. The molecule has 2 aromatic carbocycles. The van der Waals surface area contributed by atoms with Crippen molar-refractivity contribution in [2.45, 2.75) is 104 Å². The van der Waals surface area contributed by atoms with Gasteiger partial charge in [-0.15, -0.1) is 10.2 Å². The van der Waals surface area contributed by atoms with Crippen LogP contribution in [-0.4, -0.2) is 32.3 Å². The topological polar surface area (TPSA) is 59.3 Å². The van der Waals surface area contributed by atoms with Crippen molar-refractivity contribution in [1.82, 2.24) is 4.98 Å². The molecule has 6 nitrogen and oxygen atoms in total. The average Bonchev–Trinajstić information content (AvgIpc) is 3.39. The van der Waals surface area contributed by atoms with Crippen LogP contribution < -0.4 is 14.4 Å². The zero-order valence-corrected chi connectivity index (χ0v) is 26.3. The Hall–Kier alpha value is -2.67. The second kappa shape index (κ2) is 17.9. The van der Waals surface area contributed by atoms with Gasteiger partial charge in [-0.1, -0.05) is 96.0 Å². The third-order valence-corrected chi connectivity index (χ3v) is 8.29. The van der Waals surface area contributed by atoms with Crippen molar-refractivity contribution in [3.63, 3.8) is 0 Å². The Kier molecular flexibility index (Phi) is 14.3. The van der Waals surface area contributed by atoms with Gasteiger partial charge in [0.2, 0.25) is 5.13 Å². The van der Waals surface area contributed by atoms with E-state index in [1.54, 1.807) is 25.6 Å². The molecule has 7 heteroatoms. The van der Waals surface area contributed by atoms with Gasteiger partial charge < -0.3 is 14.4 Å². The number of benzene rings is 2. The van der Waals surface area contributed by atoms with Crippen molar-refractivity contribution < 1.29 is 9.47 Å². The number of aromatic nitrogens is 1. The minimum atomic E-state index is 0.646. The van der Waals surface area contributed by atoms with E-state index in [4.69, 9.17) is 14.5 Å². The molecule has 0 bridgehead atoms. The molecule has 0 fully saturated rings. The Morgan fingerprint density at radius 3 is 2.05 bits per heavy atom. The molecular formula is C33H50N4O2S. The van der Waals surface area contributed by atoms with Crippen molar-refractivity contribution in [3.05, 3.63) is 35.9 Å². The summed E-state index contributed by atoms with van der Waals surface area (Å²) >= 11 is 1.58. The van der Waals surface area contributed by atoms with Crippen LogP contribution in [0.2, 0.25) is 0 Å². The van der Waals surface area contributed by atoms with Crippen molar-refractivity contribution in [2.24, 2.45) is 10.2 Å². The molecule has 0 spiro atoms. The number of nitrogens with zero attached hydrogens (tertiary/aromatic N) is 4. The van der Waals surface area contributed by atoms with Gasteiger partial charge in [-0.25, -0.2) is 4.98 Å². The number of azo groups is 1. The molecule has 0 amide bonds. The highest BCUT2D eigenvalue weighted by atomic mass is 32.1. The summed E-state index contributed by atoms with van der Waals surface area (Å²) in [5, 5.41) is 9.72. The lowest BCUT2D eigenvalue weighted by atomic mass is 10.0. The summed E-state index contributed by atoms with van der Waals surface area (Å²) in [6.07, 6.45) is 16.2. The van der Waals surface area contributed by atoms with Crippen LogP contribution in [0.25, 0.3) is 10.2 Å². The number of thiazole rings is 1. The van der Waals surface area contributed by atoms with Gasteiger partial charge in [-0.2, -0.15) is 0 Å². The number of ether oxygens (including phenoxy) is 2. The Bertz CT molecular complexity index is 1170. The Morgan fingerprint density at radius 1 is 0.725 bits per heavy atom. The molecule has 0 aliphatic carbocycles. The minimum Gasteiger partial charge on any atom is -0.494 e. The first-order valence-electron chi connectivity index (χ1n) is 15.5. The first kappa shape index (κ1) is 31.9. The van der Waals surface area contributed by atoms with E-state index in [1.807, 2.05) is 6.07 Å². The molecule has 0 N–H and O–H groups in total. The lowest BCUT2D eigenvalue weighted by molar-refractivity contribution is 0.403. The maximum atomic E-state index is 5.84. The first-order valence-corrected chi connectivity index (χ1v) is 16.3. The summed E-state index contributed by atoms with van der Waals surface area (Å²) in [5.41, 5.74) is 4.05. The second-order valence-corrected chi connectivity index (χ2v) is 11.6. The Balaban J connectivity index is 1.75. The number of fused-ring (bicyclic) bond motifs is 1. The third kappa shape index (κ3) is 9.76. The van der Waals surface area contributed by atoms with Gasteiger partial charge in [0.1, 0.15) is 17.2 Å². The number of anilines is 1. The lowest BCUT2D eigenvalue weighted by Gasteiger charge is -2.27. The van der Waals surface area contributed by atoms with Gasteiger partial charge in [0.25, 0.3) is 0 Å². The van der Waals surface area contributed by atoms with Crippen LogP contribution >= 0.6 is 11.3 Å². The molecule has 0 saturated heterocycles. The van der Waals surface area contributed by atoms with Gasteiger partial charge in [-0.05, 0) is 43.4 Å². The summed E-state index contributed by atoms with van der Waals surface area (Å²) in [5.74, 6) is 1.49. The van der Waals surface area contributed by atoms with Crippen molar-refractivity contribution >= 4 is 38.1 Å². The molecule has 3 aromatic rings. The van der Waals surface area contributed by atoms with Crippen LogP contribution in [-0.2, 0) is 6.42 Å². The number of hydrogen-bond donors (Lipinski definition) is 0. The molecule has 0 radical (unpaired) electrons. The summed E-state index contributed by atoms with van der Waals surface area (Å²) < 4.78 is 12.8. The number of aryl methyl sites for hydroxylation is 1. The molecule has 40 heavy (non-hydrogen) atoms. The van der Waals surface area contributed by atoms with Crippen molar-refractivity contribution in [1.29, 1.82) is 0 Å². The van der Waals surface area contributed by atoms with Gasteiger partial charge in [0.05, 0.1) is 30.1 Å². The molecule has 220 valence electrons. The first-order chi connectivity index (χ1) is 19.6. The summed E-state index contributed by atoms with van der Waals surface area (Å²) in [4.78, 5) is 7.14. The Labute approximate surface area is 246 Å². The van der Waals surface area contributed by atoms with E-state index in [-0.39, 0.29) is 0 Å². The molecular weight excluding hydrogens is 516 g/mol. The van der Waals surface area contributed by atoms with Crippen LogP contribution in [0.1, 0.15) is 103 Å².